The molecule has 1 aliphatic heterocycles. The third kappa shape index (κ3) is 5.43. The molecule has 42 heavy (non-hydrogen) atoms. The van der Waals surface area contributed by atoms with Gasteiger partial charge < -0.3 is 15.7 Å². The van der Waals surface area contributed by atoms with Crippen LogP contribution in [0.25, 0.3) is 10.8 Å². The number of nitro groups is 1. The highest BCUT2D eigenvalue weighted by molar-refractivity contribution is 7.89. The molecule has 1 unspecified atom stereocenters. The first kappa shape index (κ1) is 30.6. The number of carbonyl (C=O) groups is 3. The van der Waals surface area contributed by atoms with Crippen LogP contribution in [0.4, 0.5) is 5.69 Å². The van der Waals surface area contributed by atoms with Crippen LogP contribution >= 0.6 is 0 Å². The highest BCUT2D eigenvalue weighted by Crippen LogP contribution is 2.38. The highest BCUT2D eigenvalue weighted by Gasteiger charge is 2.70. The van der Waals surface area contributed by atoms with E-state index in [1.807, 2.05) is 11.0 Å². The Labute approximate surface area is 242 Å². The normalized spacial score (nSPS) is 19.4. The van der Waals surface area contributed by atoms with Crippen LogP contribution in [-0.2, 0) is 30.8 Å². The van der Waals surface area contributed by atoms with E-state index >= 15 is 0 Å². The van der Waals surface area contributed by atoms with Gasteiger partial charge in [0.2, 0.25) is 15.9 Å². The molecule has 1 heterocycles. The van der Waals surface area contributed by atoms with Crippen LogP contribution in [0.15, 0.2) is 71.6 Å². The van der Waals surface area contributed by atoms with E-state index in [0.717, 1.165) is 5.69 Å². The first-order valence-electron chi connectivity index (χ1n) is 13.0. The van der Waals surface area contributed by atoms with E-state index in [1.54, 1.807) is 68.7 Å². The SMILES string of the molecule is CN(C)c1cccc2c(S(=O)(=O)NCC(=O)C3CCN(C(=O)[C@@H](N)Cc4ccccc4)[C@@]3(C(=O)O)[N+](=O)[O-])cccc12. The number of amides is 1. The second-order valence-electron chi connectivity index (χ2n) is 10.2. The van der Waals surface area contributed by atoms with Crippen molar-refractivity contribution in [3.8, 4) is 0 Å². The van der Waals surface area contributed by atoms with Crippen molar-refractivity contribution in [3.63, 3.8) is 0 Å². The Hall–Kier alpha value is -4.40. The maximum atomic E-state index is 13.3. The minimum Gasteiger partial charge on any atom is -0.474 e. The number of likely N-dealkylation sites (tertiary alicyclic amines) is 1. The molecule has 1 amide bonds. The van der Waals surface area contributed by atoms with Crippen LogP contribution in [-0.4, -0.2) is 79.9 Å². The second-order valence-corrected chi connectivity index (χ2v) is 12.0. The van der Waals surface area contributed by atoms with E-state index in [9.17, 15) is 38.0 Å². The Balaban J connectivity index is 1.59. The Bertz CT molecular complexity index is 1630. The van der Waals surface area contributed by atoms with Gasteiger partial charge in [-0.05, 0) is 30.5 Å². The molecule has 3 atom stereocenters. The average molecular weight is 598 g/mol. The summed E-state index contributed by atoms with van der Waals surface area (Å²) >= 11 is 0. The third-order valence-corrected chi connectivity index (χ3v) is 8.93. The topological polar surface area (TPSA) is 193 Å². The van der Waals surface area contributed by atoms with Crippen molar-refractivity contribution in [2.45, 2.75) is 29.4 Å². The Morgan fingerprint density at radius 2 is 1.74 bits per heavy atom. The van der Waals surface area contributed by atoms with Crippen LogP contribution in [0.3, 0.4) is 0 Å². The van der Waals surface area contributed by atoms with Gasteiger partial charge >= 0.3 is 11.6 Å². The zero-order valence-corrected chi connectivity index (χ0v) is 23.8. The highest BCUT2D eigenvalue weighted by atomic mass is 32.2. The van der Waals surface area contributed by atoms with Crippen LogP contribution < -0.4 is 15.4 Å². The minimum absolute atomic E-state index is 0.0113. The smallest absolute Gasteiger partial charge is 0.406 e. The summed E-state index contributed by atoms with van der Waals surface area (Å²) in [4.78, 5) is 52.4. The molecule has 4 rings (SSSR count). The predicted octanol–water partition coefficient (Wildman–Crippen LogP) is 1.23. The summed E-state index contributed by atoms with van der Waals surface area (Å²) in [6.07, 6.45) is -0.374. The summed E-state index contributed by atoms with van der Waals surface area (Å²) in [6.45, 7) is -1.34. The van der Waals surface area contributed by atoms with E-state index in [1.165, 1.54) is 6.07 Å². The first-order valence-corrected chi connectivity index (χ1v) is 14.5. The largest absolute Gasteiger partial charge is 0.474 e. The van der Waals surface area contributed by atoms with E-state index < -0.39 is 63.3 Å². The van der Waals surface area contributed by atoms with E-state index in [0.29, 0.717) is 21.2 Å². The number of sulfonamides is 1. The van der Waals surface area contributed by atoms with Gasteiger partial charge in [0.1, 0.15) is 5.92 Å². The summed E-state index contributed by atoms with van der Waals surface area (Å²) in [7, 11) is -0.704. The Morgan fingerprint density at radius 3 is 2.36 bits per heavy atom. The number of nitrogens with two attached hydrogens (primary N) is 1. The summed E-state index contributed by atoms with van der Waals surface area (Å²) in [5.74, 6) is -5.88. The fraction of sp³-hybridized carbons (Fsp3) is 0.321. The fourth-order valence-corrected chi connectivity index (χ4v) is 6.67. The van der Waals surface area contributed by atoms with Crippen molar-refractivity contribution in [2.75, 3.05) is 32.1 Å². The molecular formula is C28H31N5O8S. The van der Waals surface area contributed by atoms with Gasteiger partial charge in [0.15, 0.2) is 5.78 Å². The summed E-state index contributed by atoms with van der Waals surface area (Å²) in [5.41, 5.74) is 4.32. The van der Waals surface area contributed by atoms with Crippen LogP contribution in [0.1, 0.15) is 12.0 Å². The molecule has 0 saturated carbocycles. The number of carboxylic acid groups (broad SMARTS) is 1. The minimum atomic E-state index is -4.32. The number of ketones is 1. The molecule has 0 spiro atoms. The number of rotatable bonds is 11. The molecule has 4 N–H and O–H groups in total. The number of nitrogens with one attached hydrogen (secondary N) is 1. The number of benzene rings is 3. The molecular weight excluding hydrogens is 566 g/mol. The van der Waals surface area contributed by atoms with Gasteiger partial charge in [-0.1, -0.05) is 54.6 Å². The van der Waals surface area contributed by atoms with E-state index in [4.69, 9.17) is 5.73 Å². The number of carboxylic acids is 1. The molecule has 0 aliphatic carbocycles. The summed E-state index contributed by atoms with van der Waals surface area (Å²) in [5, 5.41) is 23.4. The number of carbonyl (C=O) groups excluding carboxylic acids is 2. The molecule has 0 radical (unpaired) electrons. The molecule has 13 nitrogen and oxygen atoms in total. The quantitative estimate of drug-likeness (QED) is 0.214. The lowest BCUT2D eigenvalue weighted by Gasteiger charge is -2.31. The Kier molecular flexibility index (Phi) is 8.61. The van der Waals surface area contributed by atoms with Crippen LogP contribution in [0, 0.1) is 16.0 Å². The lowest BCUT2D eigenvalue weighted by Crippen LogP contribution is -2.65. The Morgan fingerprint density at radius 1 is 1.10 bits per heavy atom. The monoisotopic (exact) mass is 597 g/mol. The van der Waals surface area contributed by atoms with Crippen molar-refractivity contribution in [2.24, 2.45) is 11.7 Å². The van der Waals surface area contributed by atoms with Crippen LogP contribution in [0.2, 0.25) is 0 Å². The number of nitrogens with zero attached hydrogens (tertiary/aromatic N) is 3. The predicted molar refractivity (Wildman–Crippen MR) is 154 cm³/mol. The van der Waals surface area contributed by atoms with Gasteiger partial charge in [0.05, 0.1) is 22.4 Å². The van der Waals surface area contributed by atoms with Gasteiger partial charge in [0.25, 0.3) is 0 Å². The number of hydrogen-bond acceptors (Lipinski definition) is 9. The van der Waals surface area contributed by atoms with Gasteiger partial charge in [-0.3, -0.25) is 24.6 Å². The molecule has 0 bridgehead atoms. The van der Waals surface area contributed by atoms with Gasteiger partial charge in [0, 0.05) is 37.1 Å². The van der Waals surface area contributed by atoms with E-state index in [2.05, 4.69) is 4.72 Å². The standard InChI is InChI=1S/C28H31N5O8S/c1-31(2)23-12-6-11-20-19(23)10-7-13-25(20)42(40,41)30-17-24(34)21-14-15-32(28(21,27(36)37)33(38)39)26(35)22(29)16-18-8-4-3-5-9-18/h3-13,21-22,30H,14-17,29H2,1-2H3,(H,36,37)/t21?,22-,28+/m0/s1. The molecule has 222 valence electrons. The second kappa shape index (κ2) is 11.8. The van der Waals surface area contributed by atoms with Gasteiger partial charge in [-0.25, -0.2) is 17.9 Å². The lowest BCUT2D eigenvalue weighted by molar-refractivity contribution is -0.582. The fourth-order valence-electron chi connectivity index (χ4n) is 5.46. The number of anilines is 1. The third-order valence-electron chi connectivity index (χ3n) is 7.47. The van der Waals surface area contributed by atoms with Crippen LogP contribution in [0.5, 0.6) is 0 Å². The molecule has 1 saturated heterocycles. The average Bonchev–Trinajstić information content (AvgIpc) is 3.37. The maximum Gasteiger partial charge on any atom is 0.406 e. The number of Topliss-reactive ketones (excluding diaryl/α,β-unsaturated/α-hetero) is 1. The molecule has 14 heteroatoms. The summed E-state index contributed by atoms with van der Waals surface area (Å²) in [6, 6.07) is 17.1. The first-order chi connectivity index (χ1) is 19.8. The summed E-state index contributed by atoms with van der Waals surface area (Å²) < 4.78 is 28.8. The zero-order chi connectivity index (χ0) is 30.8. The number of aliphatic carboxylic acids is 1. The molecule has 3 aromatic rings. The van der Waals surface area contributed by atoms with Gasteiger partial charge in [-0.15, -0.1) is 0 Å². The zero-order valence-electron chi connectivity index (χ0n) is 23.0. The van der Waals surface area contributed by atoms with E-state index in [-0.39, 0.29) is 17.7 Å². The molecule has 3 aromatic carbocycles. The molecule has 0 aromatic heterocycles. The number of fused-ring (bicyclic) bond motifs is 1. The van der Waals surface area contributed by atoms with Crippen molar-refractivity contribution in [1.29, 1.82) is 0 Å². The molecule has 1 aliphatic rings. The van der Waals surface area contributed by atoms with Crippen molar-refractivity contribution in [1.82, 2.24) is 9.62 Å². The van der Waals surface area contributed by atoms with Gasteiger partial charge in [-0.2, -0.15) is 0 Å². The molecule has 1 fully saturated rings. The maximum absolute atomic E-state index is 13.3. The van der Waals surface area contributed by atoms with Crippen molar-refractivity contribution >= 4 is 44.1 Å². The number of hydrogen-bond donors (Lipinski definition) is 3. The lowest BCUT2D eigenvalue weighted by atomic mass is 9.89. The van der Waals surface area contributed by atoms with Crippen molar-refractivity contribution in [3.05, 3.63) is 82.4 Å². The van der Waals surface area contributed by atoms with Crippen molar-refractivity contribution < 1.29 is 32.8 Å².